The quantitative estimate of drug-likeness (QED) is 0.732. The Labute approximate surface area is 95.5 Å². The second-order valence-corrected chi connectivity index (χ2v) is 4.50. The van der Waals surface area contributed by atoms with Gasteiger partial charge in [0.05, 0.1) is 27.2 Å². The summed E-state index contributed by atoms with van der Waals surface area (Å²) in [6.45, 7) is 0. The van der Waals surface area contributed by atoms with Gasteiger partial charge in [-0.3, -0.25) is 0 Å². The summed E-state index contributed by atoms with van der Waals surface area (Å²) in [5.74, 6) is 0. The Morgan fingerprint density at radius 3 is 2.86 bits per heavy atom. The van der Waals surface area contributed by atoms with Gasteiger partial charge in [-0.1, -0.05) is 29.3 Å². The third kappa shape index (κ3) is 1.48. The highest BCUT2D eigenvalue weighted by Gasteiger charge is 2.09. The molecule has 0 N–H and O–H groups in total. The normalized spacial score (nSPS) is 10.4. The molecule has 1 aromatic carbocycles. The van der Waals surface area contributed by atoms with Crippen molar-refractivity contribution in [2.45, 2.75) is 6.42 Å². The van der Waals surface area contributed by atoms with Gasteiger partial charge in [0.15, 0.2) is 0 Å². The molecule has 70 valence electrons. The molecule has 0 fully saturated rings. The van der Waals surface area contributed by atoms with Gasteiger partial charge in [-0.25, -0.2) is 0 Å². The first kappa shape index (κ1) is 9.79. The molecule has 0 amide bonds. The number of rotatable bonds is 1. The molecule has 1 aromatic heterocycles. The maximum atomic E-state index is 8.62. The summed E-state index contributed by atoms with van der Waals surface area (Å²) < 4.78 is 0.962. The summed E-state index contributed by atoms with van der Waals surface area (Å²) in [7, 11) is 0. The largest absolute Gasteiger partial charge is 0.198 e. The van der Waals surface area contributed by atoms with Gasteiger partial charge >= 0.3 is 0 Å². The molecule has 4 heteroatoms. The number of hydrogen-bond donors (Lipinski definition) is 0. The van der Waals surface area contributed by atoms with Crippen molar-refractivity contribution in [3.63, 3.8) is 0 Å². The molecule has 0 bridgehead atoms. The number of halogens is 2. The van der Waals surface area contributed by atoms with E-state index in [2.05, 4.69) is 6.07 Å². The molecule has 1 heterocycles. The van der Waals surface area contributed by atoms with Crippen LogP contribution in [-0.4, -0.2) is 0 Å². The van der Waals surface area contributed by atoms with Crippen LogP contribution in [0.25, 0.3) is 10.1 Å². The van der Waals surface area contributed by atoms with Gasteiger partial charge in [0.1, 0.15) is 0 Å². The van der Waals surface area contributed by atoms with Crippen LogP contribution < -0.4 is 0 Å². The van der Waals surface area contributed by atoms with Gasteiger partial charge in [-0.2, -0.15) is 5.26 Å². The van der Waals surface area contributed by atoms with Crippen molar-refractivity contribution in [1.29, 1.82) is 5.26 Å². The molecule has 0 unspecified atom stereocenters. The smallest absolute Gasteiger partial charge is 0.0770 e. The van der Waals surface area contributed by atoms with E-state index >= 15 is 0 Å². The molecule has 0 atom stereocenters. The Balaban J connectivity index is 2.72. The van der Waals surface area contributed by atoms with Crippen LogP contribution >= 0.6 is 34.5 Å². The molecule has 0 spiro atoms. The number of fused-ring (bicyclic) bond motifs is 1. The summed E-state index contributed by atoms with van der Waals surface area (Å²) in [6, 6.07) is 5.80. The van der Waals surface area contributed by atoms with E-state index < -0.39 is 0 Å². The lowest BCUT2D eigenvalue weighted by Gasteiger charge is -1.97. The zero-order valence-corrected chi connectivity index (χ0v) is 9.38. The van der Waals surface area contributed by atoms with Crippen LogP contribution in [-0.2, 0) is 6.42 Å². The van der Waals surface area contributed by atoms with Gasteiger partial charge in [-0.15, -0.1) is 11.3 Å². The second-order valence-electron chi connectivity index (χ2n) is 2.83. The van der Waals surface area contributed by atoms with E-state index in [1.807, 2.05) is 11.4 Å². The average molecular weight is 242 g/mol. The van der Waals surface area contributed by atoms with Crippen LogP contribution in [0.1, 0.15) is 5.56 Å². The Morgan fingerprint density at radius 2 is 2.14 bits per heavy atom. The molecule has 1 nitrogen and oxygen atoms in total. The average Bonchev–Trinajstić information content (AvgIpc) is 2.57. The Hall–Kier alpha value is -0.750. The fourth-order valence-corrected chi connectivity index (χ4v) is 2.84. The number of hydrogen-bond acceptors (Lipinski definition) is 2. The molecule has 0 saturated carbocycles. The van der Waals surface area contributed by atoms with E-state index in [-0.39, 0.29) is 0 Å². The van der Waals surface area contributed by atoms with Gasteiger partial charge in [0, 0.05) is 0 Å². The molecule has 2 rings (SSSR count). The summed E-state index contributed by atoms with van der Waals surface area (Å²) >= 11 is 13.4. The van der Waals surface area contributed by atoms with E-state index in [0.717, 1.165) is 15.6 Å². The van der Waals surface area contributed by atoms with E-state index in [4.69, 9.17) is 28.5 Å². The lowest BCUT2D eigenvalue weighted by Crippen LogP contribution is -1.77. The number of benzene rings is 1. The second kappa shape index (κ2) is 3.78. The molecule has 2 aromatic rings. The molecule has 0 aliphatic rings. The summed E-state index contributed by atoms with van der Waals surface area (Å²) in [4.78, 5) is 0. The molecule has 14 heavy (non-hydrogen) atoms. The van der Waals surface area contributed by atoms with Gasteiger partial charge in [0.25, 0.3) is 0 Å². The topological polar surface area (TPSA) is 23.8 Å². The minimum atomic E-state index is 0.415. The predicted octanol–water partition coefficient (Wildman–Crippen LogP) is 4.27. The number of nitriles is 1. The van der Waals surface area contributed by atoms with Crippen molar-refractivity contribution in [3.8, 4) is 6.07 Å². The lowest BCUT2D eigenvalue weighted by atomic mass is 10.1. The first-order valence-corrected chi connectivity index (χ1v) is 5.58. The Morgan fingerprint density at radius 1 is 1.36 bits per heavy atom. The molecular weight excluding hydrogens is 237 g/mol. The van der Waals surface area contributed by atoms with Crippen molar-refractivity contribution in [3.05, 3.63) is 33.1 Å². The van der Waals surface area contributed by atoms with E-state index in [9.17, 15) is 0 Å². The van der Waals surface area contributed by atoms with Crippen LogP contribution in [0.3, 0.4) is 0 Å². The minimum Gasteiger partial charge on any atom is -0.198 e. The maximum absolute atomic E-state index is 8.62. The van der Waals surface area contributed by atoms with Crippen LogP contribution in [0, 0.1) is 11.3 Å². The maximum Gasteiger partial charge on any atom is 0.0770 e. The van der Waals surface area contributed by atoms with E-state index in [1.54, 1.807) is 6.07 Å². The molecular formula is C10H5Cl2NS. The van der Waals surface area contributed by atoms with Crippen LogP contribution in [0.15, 0.2) is 17.5 Å². The lowest BCUT2D eigenvalue weighted by molar-refractivity contribution is 1.30. The predicted molar refractivity (Wildman–Crippen MR) is 61.2 cm³/mol. The third-order valence-corrected chi connectivity index (χ3v) is 3.96. The van der Waals surface area contributed by atoms with Crippen LogP contribution in [0.4, 0.5) is 0 Å². The summed E-state index contributed by atoms with van der Waals surface area (Å²) in [5, 5.41) is 12.7. The fourth-order valence-electron chi connectivity index (χ4n) is 1.32. The standard InChI is InChI=1S/C10H5Cl2NS/c11-8-2-1-7-6(3-4-13)5-14-10(7)9(8)12/h1-2,5H,3H2. The monoisotopic (exact) mass is 241 g/mol. The third-order valence-electron chi connectivity index (χ3n) is 1.98. The van der Waals surface area contributed by atoms with Gasteiger partial charge < -0.3 is 0 Å². The number of thiophene rings is 1. The van der Waals surface area contributed by atoms with Crippen LogP contribution in [0.2, 0.25) is 10.0 Å². The number of nitrogens with zero attached hydrogens (tertiary/aromatic N) is 1. The first-order valence-electron chi connectivity index (χ1n) is 3.95. The minimum absolute atomic E-state index is 0.415. The zero-order chi connectivity index (χ0) is 10.1. The highest BCUT2D eigenvalue weighted by Crippen LogP contribution is 2.36. The van der Waals surface area contributed by atoms with E-state index in [1.165, 1.54) is 11.3 Å². The van der Waals surface area contributed by atoms with Gasteiger partial charge in [-0.05, 0) is 22.4 Å². The molecule has 0 radical (unpaired) electrons. The van der Waals surface area contributed by atoms with Crippen molar-refractivity contribution in [2.75, 3.05) is 0 Å². The Kier molecular flexibility index (Phi) is 2.64. The van der Waals surface area contributed by atoms with Gasteiger partial charge in [0.2, 0.25) is 0 Å². The van der Waals surface area contributed by atoms with E-state index in [0.29, 0.717) is 16.5 Å². The van der Waals surface area contributed by atoms with Crippen molar-refractivity contribution >= 4 is 44.6 Å². The SMILES string of the molecule is N#CCc1csc2c(Cl)c(Cl)ccc12. The highest BCUT2D eigenvalue weighted by molar-refractivity contribution is 7.18. The summed E-state index contributed by atoms with van der Waals surface area (Å²) in [5.41, 5.74) is 1.02. The fraction of sp³-hybridized carbons (Fsp3) is 0.100. The van der Waals surface area contributed by atoms with Crippen molar-refractivity contribution < 1.29 is 0 Å². The first-order chi connectivity index (χ1) is 6.74. The molecule has 0 saturated heterocycles. The van der Waals surface area contributed by atoms with Crippen molar-refractivity contribution in [2.24, 2.45) is 0 Å². The molecule has 0 aliphatic carbocycles. The highest BCUT2D eigenvalue weighted by atomic mass is 35.5. The molecule has 0 aliphatic heterocycles. The summed E-state index contributed by atoms with van der Waals surface area (Å²) in [6.07, 6.45) is 0.415. The zero-order valence-electron chi connectivity index (χ0n) is 7.05. The van der Waals surface area contributed by atoms with Crippen molar-refractivity contribution in [1.82, 2.24) is 0 Å². The Bertz CT molecular complexity index is 525. The van der Waals surface area contributed by atoms with Crippen LogP contribution in [0.5, 0.6) is 0 Å².